The Labute approximate surface area is 111 Å². The molecule has 0 saturated heterocycles. The first-order chi connectivity index (χ1) is 9.50. The fourth-order valence-corrected chi connectivity index (χ4v) is 2.30. The quantitative estimate of drug-likeness (QED) is 0.674. The highest BCUT2D eigenvalue weighted by Crippen LogP contribution is 2.23. The molecule has 0 fully saturated rings. The van der Waals surface area contributed by atoms with Crippen molar-refractivity contribution in [2.24, 2.45) is 7.05 Å². The van der Waals surface area contributed by atoms with Gasteiger partial charge in [-0.25, -0.2) is 9.59 Å². The van der Waals surface area contributed by atoms with Crippen LogP contribution in [0.5, 0.6) is 0 Å². The van der Waals surface area contributed by atoms with Gasteiger partial charge in [0.1, 0.15) is 0 Å². The Morgan fingerprint density at radius 3 is 2.65 bits per heavy atom. The maximum Gasteiger partial charge on any atom is 0.337 e. The minimum atomic E-state index is -1.34. The topological polar surface area (TPSA) is 89.5 Å². The molecule has 3 aromatic rings. The Kier molecular flexibility index (Phi) is 2.47. The van der Waals surface area contributed by atoms with Gasteiger partial charge in [0.2, 0.25) is 0 Å². The van der Waals surface area contributed by atoms with Crippen molar-refractivity contribution >= 4 is 27.8 Å². The largest absolute Gasteiger partial charge is 0.478 e. The van der Waals surface area contributed by atoms with E-state index < -0.39 is 17.2 Å². The molecule has 6 heteroatoms. The Morgan fingerprint density at radius 2 is 1.95 bits per heavy atom. The van der Waals surface area contributed by atoms with Crippen molar-refractivity contribution in [1.29, 1.82) is 0 Å². The molecule has 100 valence electrons. The van der Waals surface area contributed by atoms with E-state index in [9.17, 15) is 14.4 Å². The lowest BCUT2D eigenvalue weighted by Gasteiger charge is -2.08. The Bertz CT molecular complexity index is 980. The van der Waals surface area contributed by atoms with Crippen molar-refractivity contribution in [3.05, 3.63) is 56.7 Å². The van der Waals surface area contributed by atoms with Gasteiger partial charge in [0.15, 0.2) is 5.58 Å². The number of benzene rings is 1. The number of pyridine rings is 1. The molecule has 1 aromatic carbocycles. The van der Waals surface area contributed by atoms with E-state index in [1.54, 1.807) is 31.3 Å². The Hall–Kier alpha value is -2.89. The number of hydrogen-bond donors (Lipinski definition) is 1. The highest BCUT2D eigenvalue weighted by Gasteiger charge is 2.19. The third kappa shape index (κ3) is 1.55. The molecule has 0 radical (unpaired) electrons. The lowest BCUT2D eigenvalue weighted by atomic mass is 10.1. The normalized spacial score (nSPS) is 11.1. The first kappa shape index (κ1) is 12.2. The van der Waals surface area contributed by atoms with Crippen LogP contribution >= 0.6 is 0 Å². The summed E-state index contributed by atoms with van der Waals surface area (Å²) in [4.78, 5) is 35.1. The molecule has 0 aliphatic carbocycles. The lowest BCUT2D eigenvalue weighted by Crippen LogP contribution is -2.21. The van der Waals surface area contributed by atoms with E-state index in [2.05, 4.69) is 0 Å². The fourth-order valence-electron chi connectivity index (χ4n) is 2.30. The molecular weight excluding hydrogens is 262 g/mol. The van der Waals surface area contributed by atoms with E-state index in [-0.39, 0.29) is 16.5 Å². The molecule has 0 bridgehead atoms. The van der Waals surface area contributed by atoms with Gasteiger partial charge in [-0.1, -0.05) is 12.1 Å². The molecule has 0 aliphatic rings. The highest BCUT2D eigenvalue weighted by atomic mass is 16.4. The van der Waals surface area contributed by atoms with Gasteiger partial charge in [0.05, 0.1) is 16.5 Å². The van der Waals surface area contributed by atoms with Crippen LogP contribution in [-0.4, -0.2) is 15.6 Å². The van der Waals surface area contributed by atoms with Crippen LogP contribution in [0.2, 0.25) is 0 Å². The number of carboxylic acids is 1. The predicted molar refractivity (Wildman–Crippen MR) is 72.2 cm³/mol. The van der Waals surface area contributed by atoms with Gasteiger partial charge in [-0.05, 0) is 12.1 Å². The van der Waals surface area contributed by atoms with E-state index in [0.29, 0.717) is 10.9 Å². The van der Waals surface area contributed by atoms with E-state index >= 15 is 0 Å². The molecule has 3 rings (SSSR count). The minimum Gasteiger partial charge on any atom is -0.478 e. The number of hydrogen-bond acceptors (Lipinski definition) is 4. The van der Waals surface area contributed by atoms with Crippen molar-refractivity contribution < 1.29 is 14.3 Å². The van der Waals surface area contributed by atoms with E-state index in [4.69, 9.17) is 9.52 Å². The highest BCUT2D eigenvalue weighted by molar-refractivity contribution is 6.09. The van der Waals surface area contributed by atoms with E-state index in [0.717, 1.165) is 6.07 Å². The summed E-state index contributed by atoms with van der Waals surface area (Å²) in [5, 5.41) is 9.59. The maximum atomic E-state index is 12.3. The van der Waals surface area contributed by atoms with Gasteiger partial charge in [-0.2, -0.15) is 0 Å². The van der Waals surface area contributed by atoms with Crippen molar-refractivity contribution in [2.75, 3.05) is 0 Å². The van der Waals surface area contributed by atoms with Gasteiger partial charge >= 0.3 is 11.6 Å². The second kappa shape index (κ2) is 4.06. The van der Waals surface area contributed by atoms with Crippen LogP contribution in [0, 0.1) is 0 Å². The lowest BCUT2D eigenvalue weighted by molar-refractivity contribution is 0.0698. The standard InChI is InChI=1S/C14H9NO5/c1-15-9-5-3-2-4-7(9)12-11(13(15)17)8(14(18)19)6-10(16)20-12/h2-6H,1H3,(H,18,19). The van der Waals surface area contributed by atoms with Crippen molar-refractivity contribution in [3.63, 3.8) is 0 Å². The molecule has 0 unspecified atom stereocenters. The van der Waals surface area contributed by atoms with Crippen LogP contribution in [0.15, 0.2) is 44.3 Å². The summed E-state index contributed by atoms with van der Waals surface area (Å²) in [6, 6.07) is 7.66. The molecule has 6 nitrogen and oxygen atoms in total. The summed E-state index contributed by atoms with van der Waals surface area (Å²) in [6.07, 6.45) is 0. The van der Waals surface area contributed by atoms with Crippen LogP contribution in [0.3, 0.4) is 0 Å². The van der Waals surface area contributed by atoms with Gasteiger partial charge in [0, 0.05) is 18.5 Å². The Morgan fingerprint density at radius 1 is 1.25 bits per heavy atom. The zero-order valence-electron chi connectivity index (χ0n) is 10.4. The summed E-state index contributed by atoms with van der Waals surface area (Å²) in [7, 11) is 1.54. The number of aryl methyl sites for hydroxylation is 1. The van der Waals surface area contributed by atoms with Crippen LogP contribution in [0.4, 0.5) is 0 Å². The zero-order chi connectivity index (χ0) is 14.4. The summed E-state index contributed by atoms with van der Waals surface area (Å²) in [5.74, 6) is -1.34. The summed E-state index contributed by atoms with van der Waals surface area (Å²) in [5.41, 5.74) is -1.08. The van der Waals surface area contributed by atoms with Crippen molar-refractivity contribution in [2.45, 2.75) is 0 Å². The number of nitrogens with zero attached hydrogens (tertiary/aromatic N) is 1. The average molecular weight is 271 g/mol. The molecule has 2 aromatic heterocycles. The second-order valence-corrected chi connectivity index (χ2v) is 4.37. The molecule has 0 saturated carbocycles. The molecule has 2 heterocycles. The molecule has 0 amide bonds. The third-order valence-electron chi connectivity index (χ3n) is 3.22. The monoisotopic (exact) mass is 271 g/mol. The number of aromatic carboxylic acids is 1. The van der Waals surface area contributed by atoms with Crippen LogP contribution in [-0.2, 0) is 7.05 Å². The maximum absolute atomic E-state index is 12.3. The first-order valence-corrected chi connectivity index (χ1v) is 5.79. The summed E-state index contributed by atoms with van der Waals surface area (Å²) >= 11 is 0. The number of fused-ring (bicyclic) bond motifs is 3. The number of rotatable bonds is 1. The SMILES string of the molecule is Cn1c(=O)c2c(C(=O)O)cc(=O)oc2c2ccccc21. The number of carboxylic acid groups (broad SMARTS) is 1. The smallest absolute Gasteiger partial charge is 0.337 e. The van der Waals surface area contributed by atoms with Gasteiger partial charge in [-0.15, -0.1) is 0 Å². The van der Waals surface area contributed by atoms with Crippen molar-refractivity contribution in [1.82, 2.24) is 4.57 Å². The number of para-hydroxylation sites is 1. The summed E-state index contributed by atoms with van der Waals surface area (Å²) in [6.45, 7) is 0. The van der Waals surface area contributed by atoms with Crippen molar-refractivity contribution in [3.8, 4) is 0 Å². The van der Waals surface area contributed by atoms with Gasteiger partial charge < -0.3 is 14.1 Å². The summed E-state index contributed by atoms with van der Waals surface area (Å²) < 4.78 is 6.41. The van der Waals surface area contributed by atoms with Crippen LogP contribution in [0.1, 0.15) is 10.4 Å². The molecule has 1 N–H and O–H groups in total. The molecule has 0 atom stereocenters. The number of carbonyl (C=O) groups is 1. The fraction of sp³-hybridized carbons (Fsp3) is 0.0714. The van der Waals surface area contributed by atoms with Crippen LogP contribution in [0.25, 0.3) is 21.9 Å². The molecule has 20 heavy (non-hydrogen) atoms. The average Bonchev–Trinajstić information content (AvgIpc) is 2.43. The number of aromatic nitrogens is 1. The van der Waals surface area contributed by atoms with Crippen LogP contribution < -0.4 is 11.2 Å². The van der Waals surface area contributed by atoms with Gasteiger partial charge in [-0.3, -0.25) is 4.79 Å². The van der Waals surface area contributed by atoms with E-state index in [1.807, 2.05) is 0 Å². The van der Waals surface area contributed by atoms with Gasteiger partial charge in [0.25, 0.3) is 5.56 Å². The zero-order valence-corrected chi connectivity index (χ0v) is 10.4. The predicted octanol–water partition coefficient (Wildman–Crippen LogP) is 1.34. The molecular formula is C14H9NO5. The minimum absolute atomic E-state index is 0.00796. The molecule has 0 aliphatic heterocycles. The van der Waals surface area contributed by atoms with E-state index in [1.165, 1.54) is 4.57 Å². The Balaban J connectivity index is 2.76. The first-order valence-electron chi connectivity index (χ1n) is 5.79. The second-order valence-electron chi connectivity index (χ2n) is 4.37. The third-order valence-corrected chi connectivity index (χ3v) is 3.22. The molecule has 0 spiro atoms.